The van der Waals surface area contributed by atoms with Crippen molar-refractivity contribution in [3.05, 3.63) is 35.4 Å². The van der Waals surface area contributed by atoms with Gasteiger partial charge >= 0.3 is 0 Å². The summed E-state index contributed by atoms with van der Waals surface area (Å²) < 4.78 is 25.8. The number of hydrogen-bond donors (Lipinski definition) is 0. The summed E-state index contributed by atoms with van der Waals surface area (Å²) in [6, 6.07) is 3.88. The molecular weight excluding hydrogens is 170 g/mol. The van der Waals surface area contributed by atoms with Gasteiger partial charge in [-0.2, -0.15) is 0 Å². The zero-order valence-electron chi connectivity index (χ0n) is 7.56. The lowest BCUT2D eigenvalue weighted by molar-refractivity contribution is 0.569. The van der Waals surface area contributed by atoms with E-state index < -0.39 is 5.82 Å². The van der Waals surface area contributed by atoms with Crippen LogP contribution in [0.25, 0.3) is 0 Å². The second-order valence-electron chi connectivity index (χ2n) is 3.68. The molecule has 1 aromatic rings. The van der Waals surface area contributed by atoms with Crippen LogP contribution in [0.15, 0.2) is 18.2 Å². The van der Waals surface area contributed by atoms with Crippen molar-refractivity contribution in [2.75, 3.05) is 0 Å². The first-order valence-corrected chi connectivity index (χ1v) is 4.67. The van der Waals surface area contributed by atoms with Gasteiger partial charge < -0.3 is 0 Å². The van der Waals surface area contributed by atoms with E-state index in [0.29, 0.717) is 17.4 Å². The molecule has 0 unspecified atom stereocenters. The van der Waals surface area contributed by atoms with Gasteiger partial charge in [0.25, 0.3) is 0 Å². The fourth-order valence-electron chi connectivity index (χ4n) is 1.88. The van der Waals surface area contributed by atoms with Crippen LogP contribution in [0.3, 0.4) is 0 Å². The molecule has 1 saturated carbocycles. The molecule has 1 aromatic carbocycles. The summed E-state index contributed by atoms with van der Waals surface area (Å²) in [5.41, 5.74) is 0.688. The summed E-state index contributed by atoms with van der Waals surface area (Å²) in [5.74, 6) is 0.0708. The van der Waals surface area contributed by atoms with E-state index in [1.165, 1.54) is 6.07 Å². The molecule has 0 amide bonds. The van der Waals surface area contributed by atoms with Gasteiger partial charge in [-0.3, -0.25) is 0 Å². The average Bonchev–Trinajstić information content (AvgIpc) is 2.83. The smallest absolute Gasteiger partial charge is 0.129 e. The first kappa shape index (κ1) is 8.67. The van der Waals surface area contributed by atoms with Gasteiger partial charge in [0.15, 0.2) is 0 Å². The Balaban J connectivity index is 2.22. The highest BCUT2D eigenvalue weighted by atomic mass is 19.1. The van der Waals surface area contributed by atoms with Crippen molar-refractivity contribution in [3.8, 4) is 0 Å². The topological polar surface area (TPSA) is 0 Å². The largest absolute Gasteiger partial charge is 0.207 e. The van der Waals surface area contributed by atoms with Crippen LogP contribution in [-0.4, -0.2) is 0 Å². The Morgan fingerprint density at radius 1 is 1.38 bits per heavy atom. The average molecular weight is 182 g/mol. The Morgan fingerprint density at radius 2 is 2.15 bits per heavy atom. The minimum Gasteiger partial charge on any atom is -0.207 e. The highest BCUT2D eigenvalue weighted by Gasteiger charge is 2.38. The van der Waals surface area contributed by atoms with Gasteiger partial charge in [-0.25, -0.2) is 8.78 Å². The lowest BCUT2D eigenvalue weighted by Crippen LogP contribution is -1.90. The van der Waals surface area contributed by atoms with E-state index in [0.717, 1.165) is 18.9 Å². The van der Waals surface area contributed by atoms with Crippen molar-refractivity contribution in [1.29, 1.82) is 0 Å². The van der Waals surface area contributed by atoms with Crippen LogP contribution in [0.2, 0.25) is 0 Å². The molecule has 0 heterocycles. The summed E-state index contributed by atoms with van der Waals surface area (Å²) in [6.45, 7) is 2.10. The highest BCUT2D eigenvalue weighted by molar-refractivity contribution is 5.27. The van der Waals surface area contributed by atoms with Gasteiger partial charge in [-0.15, -0.1) is 0 Å². The third-order valence-corrected chi connectivity index (χ3v) is 2.81. The predicted molar refractivity (Wildman–Crippen MR) is 47.5 cm³/mol. The van der Waals surface area contributed by atoms with Crippen molar-refractivity contribution in [1.82, 2.24) is 0 Å². The number of rotatable bonds is 2. The Morgan fingerprint density at radius 3 is 2.69 bits per heavy atom. The molecule has 2 atom stereocenters. The van der Waals surface area contributed by atoms with Gasteiger partial charge in [0.05, 0.1) is 0 Å². The maximum absolute atomic E-state index is 13.2. The summed E-state index contributed by atoms with van der Waals surface area (Å²) in [5, 5.41) is 0. The molecule has 0 nitrogen and oxygen atoms in total. The third kappa shape index (κ3) is 1.58. The van der Waals surface area contributed by atoms with Crippen LogP contribution in [-0.2, 0) is 0 Å². The molecule has 70 valence electrons. The Labute approximate surface area is 76.6 Å². The fourth-order valence-corrected chi connectivity index (χ4v) is 1.88. The van der Waals surface area contributed by atoms with E-state index in [4.69, 9.17) is 0 Å². The molecule has 0 radical (unpaired) electrons. The zero-order chi connectivity index (χ0) is 9.42. The second-order valence-corrected chi connectivity index (χ2v) is 3.68. The Bertz CT molecular complexity index is 320. The van der Waals surface area contributed by atoms with Crippen LogP contribution >= 0.6 is 0 Å². The molecule has 13 heavy (non-hydrogen) atoms. The summed E-state index contributed by atoms with van der Waals surface area (Å²) in [6.07, 6.45) is 2.14. The standard InChI is InChI=1S/C11H12F2/c1-2-7-5-10(7)9-4-3-8(12)6-11(9)13/h3-4,6-7,10H,2,5H2,1H3/t7-,10-/m0/s1. The maximum atomic E-state index is 13.2. The third-order valence-electron chi connectivity index (χ3n) is 2.81. The first-order valence-electron chi connectivity index (χ1n) is 4.67. The Kier molecular flexibility index (Phi) is 2.06. The van der Waals surface area contributed by atoms with Crippen molar-refractivity contribution < 1.29 is 8.78 Å². The van der Waals surface area contributed by atoms with Gasteiger partial charge in [0.2, 0.25) is 0 Å². The normalized spacial score (nSPS) is 26.1. The van der Waals surface area contributed by atoms with Crippen molar-refractivity contribution in [2.45, 2.75) is 25.7 Å². The van der Waals surface area contributed by atoms with Crippen LogP contribution < -0.4 is 0 Å². The molecule has 2 rings (SSSR count). The van der Waals surface area contributed by atoms with E-state index >= 15 is 0 Å². The summed E-state index contributed by atoms with van der Waals surface area (Å²) in [7, 11) is 0. The lowest BCUT2D eigenvalue weighted by Gasteiger charge is -2.00. The van der Waals surface area contributed by atoms with E-state index in [-0.39, 0.29) is 5.82 Å². The SMILES string of the molecule is CC[C@H]1C[C@@H]1c1ccc(F)cc1F. The summed E-state index contributed by atoms with van der Waals surface area (Å²) >= 11 is 0. The number of hydrogen-bond acceptors (Lipinski definition) is 0. The van der Waals surface area contributed by atoms with E-state index in [1.54, 1.807) is 6.07 Å². The maximum Gasteiger partial charge on any atom is 0.129 e. The van der Waals surface area contributed by atoms with E-state index in [9.17, 15) is 8.78 Å². The van der Waals surface area contributed by atoms with Gasteiger partial charge in [0, 0.05) is 6.07 Å². The molecule has 0 aromatic heterocycles. The van der Waals surface area contributed by atoms with Crippen molar-refractivity contribution in [2.24, 2.45) is 5.92 Å². The predicted octanol–water partition coefficient (Wildman–Crippen LogP) is 3.48. The molecule has 0 saturated heterocycles. The van der Waals surface area contributed by atoms with Crippen molar-refractivity contribution >= 4 is 0 Å². The van der Waals surface area contributed by atoms with Gasteiger partial charge in [-0.1, -0.05) is 19.4 Å². The van der Waals surface area contributed by atoms with Crippen molar-refractivity contribution in [3.63, 3.8) is 0 Å². The molecule has 1 aliphatic carbocycles. The number of benzene rings is 1. The molecular formula is C11H12F2. The van der Waals surface area contributed by atoms with Crippen LogP contribution in [0.4, 0.5) is 8.78 Å². The van der Waals surface area contributed by atoms with E-state index in [2.05, 4.69) is 6.92 Å². The summed E-state index contributed by atoms with van der Waals surface area (Å²) in [4.78, 5) is 0. The zero-order valence-corrected chi connectivity index (χ0v) is 7.56. The van der Waals surface area contributed by atoms with E-state index in [1.807, 2.05) is 0 Å². The van der Waals surface area contributed by atoms with Crippen LogP contribution in [0.1, 0.15) is 31.2 Å². The fraction of sp³-hybridized carbons (Fsp3) is 0.455. The molecule has 0 bridgehead atoms. The van der Waals surface area contributed by atoms with Gasteiger partial charge in [0.1, 0.15) is 11.6 Å². The van der Waals surface area contributed by atoms with Crippen LogP contribution in [0.5, 0.6) is 0 Å². The minimum absolute atomic E-state index is 0.339. The molecule has 0 aliphatic heterocycles. The monoisotopic (exact) mass is 182 g/mol. The van der Waals surface area contributed by atoms with Gasteiger partial charge in [-0.05, 0) is 29.9 Å². The first-order chi connectivity index (χ1) is 6.22. The Hall–Kier alpha value is -0.920. The molecule has 1 fully saturated rings. The molecule has 1 aliphatic rings. The molecule has 0 spiro atoms. The number of halogens is 2. The minimum atomic E-state index is -0.491. The van der Waals surface area contributed by atoms with Crippen LogP contribution in [0, 0.1) is 17.6 Å². The highest BCUT2D eigenvalue weighted by Crippen LogP contribution is 2.49. The second kappa shape index (κ2) is 3.09. The molecule has 0 N–H and O–H groups in total. The quantitative estimate of drug-likeness (QED) is 0.656. The lowest BCUT2D eigenvalue weighted by atomic mass is 10.1. The molecule has 2 heteroatoms.